The van der Waals surface area contributed by atoms with Gasteiger partial charge in [0.1, 0.15) is 0 Å². The largest absolute Gasteiger partial charge is 0.317 e. The lowest BCUT2D eigenvalue weighted by Crippen LogP contribution is -2.13. The summed E-state index contributed by atoms with van der Waals surface area (Å²) < 4.78 is 36.1. The summed E-state index contributed by atoms with van der Waals surface area (Å²) in [4.78, 5) is 15.8. The molecule has 8 heteroatoms. The summed E-state index contributed by atoms with van der Waals surface area (Å²) in [5.41, 5.74) is 2.88. The summed E-state index contributed by atoms with van der Waals surface area (Å²) in [7, 11) is -3.13. The molecule has 3 aromatic rings. The molecule has 140 valence electrons. The third-order valence-corrected chi connectivity index (χ3v) is 5.41. The van der Waals surface area contributed by atoms with Crippen LogP contribution in [-0.2, 0) is 26.8 Å². The molecule has 2 aromatic heterocycles. The third-order valence-electron chi connectivity index (χ3n) is 3.71. The van der Waals surface area contributed by atoms with Crippen molar-refractivity contribution in [3.05, 3.63) is 71.1 Å². The Morgan fingerprint density at radius 2 is 1.93 bits per heavy atom. The quantitative estimate of drug-likeness (QED) is 0.636. The van der Waals surface area contributed by atoms with Crippen molar-refractivity contribution < 1.29 is 17.6 Å². The maximum Gasteiger partial charge on any atom is 0.229 e. The number of aromatic nitrogens is 1. The second-order valence-electron chi connectivity index (χ2n) is 6.18. The van der Waals surface area contributed by atoms with Gasteiger partial charge in [0, 0.05) is 23.9 Å². The Bertz CT molecular complexity index is 1080. The second kappa shape index (κ2) is 7.98. The molecule has 2 heterocycles. The van der Waals surface area contributed by atoms with Crippen molar-refractivity contribution >= 4 is 32.1 Å². The van der Waals surface area contributed by atoms with E-state index in [1.54, 1.807) is 36.4 Å². The molecule has 0 radical (unpaired) electrons. The van der Waals surface area contributed by atoms with Gasteiger partial charge in [-0.15, -0.1) is 11.3 Å². The zero-order valence-electron chi connectivity index (χ0n) is 14.5. The Morgan fingerprint density at radius 3 is 2.67 bits per heavy atom. The van der Waals surface area contributed by atoms with Crippen molar-refractivity contribution in [2.75, 3.05) is 11.6 Å². The van der Waals surface area contributed by atoms with Crippen LogP contribution in [0.2, 0.25) is 0 Å². The fourth-order valence-electron chi connectivity index (χ4n) is 2.63. The summed E-state index contributed by atoms with van der Waals surface area (Å²) in [5, 5.41) is 5.30. The maximum atomic E-state index is 13.2. The zero-order chi connectivity index (χ0) is 19.4. The topological polar surface area (TPSA) is 76.1 Å². The van der Waals surface area contributed by atoms with Gasteiger partial charge in [-0.25, -0.2) is 13.4 Å². The second-order valence-corrected chi connectivity index (χ2v) is 9.23. The lowest BCUT2D eigenvalue weighted by Gasteiger charge is -2.05. The molecule has 0 saturated carbocycles. The number of amides is 1. The highest BCUT2D eigenvalue weighted by Crippen LogP contribution is 2.29. The minimum absolute atomic E-state index is 0.0563. The molecule has 1 amide bonds. The number of anilines is 1. The van der Waals surface area contributed by atoms with Gasteiger partial charge in [-0.3, -0.25) is 4.79 Å². The first-order valence-electron chi connectivity index (χ1n) is 8.04. The number of benzene rings is 1. The van der Waals surface area contributed by atoms with Crippen LogP contribution in [0.4, 0.5) is 9.39 Å². The minimum atomic E-state index is -3.13. The van der Waals surface area contributed by atoms with Crippen LogP contribution in [0.1, 0.15) is 11.1 Å². The van der Waals surface area contributed by atoms with E-state index in [4.69, 9.17) is 0 Å². The Labute approximate surface area is 160 Å². The number of hydrogen-bond donors (Lipinski definition) is 1. The van der Waals surface area contributed by atoms with Gasteiger partial charge in [-0.2, -0.15) is 4.39 Å². The number of nitrogens with one attached hydrogen (secondary N) is 1. The SMILES string of the molecule is CS(=O)(=O)Cc1cccc(CC(=O)Nc2cc(-c3ccnc(F)c3)cs2)c1. The first kappa shape index (κ1) is 19.2. The van der Waals surface area contributed by atoms with Crippen molar-refractivity contribution in [1.82, 2.24) is 4.98 Å². The number of rotatable bonds is 6. The van der Waals surface area contributed by atoms with E-state index >= 15 is 0 Å². The number of halogens is 1. The van der Waals surface area contributed by atoms with Crippen molar-refractivity contribution in [3.8, 4) is 11.1 Å². The van der Waals surface area contributed by atoms with E-state index in [9.17, 15) is 17.6 Å². The summed E-state index contributed by atoms with van der Waals surface area (Å²) in [6.07, 6.45) is 2.70. The highest BCUT2D eigenvalue weighted by Gasteiger charge is 2.10. The number of sulfone groups is 1. The van der Waals surface area contributed by atoms with E-state index in [0.717, 1.165) is 11.1 Å². The van der Waals surface area contributed by atoms with Gasteiger partial charge in [0.05, 0.1) is 17.2 Å². The van der Waals surface area contributed by atoms with E-state index in [0.29, 0.717) is 16.1 Å². The van der Waals surface area contributed by atoms with Gasteiger partial charge in [-0.1, -0.05) is 24.3 Å². The molecule has 0 spiro atoms. The fourth-order valence-corrected chi connectivity index (χ4v) is 4.25. The van der Waals surface area contributed by atoms with E-state index in [1.807, 2.05) is 5.38 Å². The molecule has 0 bridgehead atoms. The average Bonchev–Trinajstić information content (AvgIpc) is 3.02. The third kappa shape index (κ3) is 5.70. The molecule has 1 N–H and O–H groups in total. The van der Waals surface area contributed by atoms with Crippen LogP contribution in [0.25, 0.3) is 11.1 Å². The number of pyridine rings is 1. The summed E-state index contributed by atoms with van der Waals surface area (Å²) in [6, 6.07) is 11.8. The lowest BCUT2D eigenvalue weighted by molar-refractivity contribution is -0.115. The van der Waals surface area contributed by atoms with Gasteiger partial charge >= 0.3 is 0 Å². The molecule has 0 saturated heterocycles. The van der Waals surface area contributed by atoms with Gasteiger partial charge in [0.25, 0.3) is 0 Å². The fraction of sp³-hybridized carbons (Fsp3) is 0.158. The number of nitrogens with zero attached hydrogens (tertiary/aromatic N) is 1. The van der Waals surface area contributed by atoms with E-state index in [2.05, 4.69) is 10.3 Å². The first-order valence-corrected chi connectivity index (χ1v) is 11.0. The van der Waals surface area contributed by atoms with Crippen LogP contribution < -0.4 is 5.32 Å². The number of hydrogen-bond acceptors (Lipinski definition) is 5. The van der Waals surface area contributed by atoms with Crippen molar-refractivity contribution in [2.24, 2.45) is 0 Å². The molecule has 0 aliphatic carbocycles. The predicted molar refractivity (Wildman–Crippen MR) is 105 cm³/mol. The van der Waals surface area contributed by atoms with Crippen molar-refractivity contribution in [3.63, 3.8) is 0 Å². The van der Waals surface area contributed by atoms with Gasteiger partial charge in [0.15, 0.2) is 9.84 Å². The molecule has 5 nitrogen and oxygen atoms in total. The van der Waals surface area contributed by atoms with Gasteiger partial charge in [0.2, 0.25) is 11.9 Å². The number of thiophene rings is 1. The zero-order valence-corrected chi connectivity index (χ0v) is 16.1. The number of carbonyl (C=O) groups excluding carboxylic acids is 1. The van der Waals surface area contributed by atoms with Gasteiger partial charge in [-0.05, 0) is 34.4 Å². The van der Waals surface area contributed by atoms with E-state index < -0.39 is 15.8 Å². The predicted octanol–water partition coefficient (Wildman–Crippen LogP) is 3.68. The molecule has 3 rings (SSSR count). The van der Waals surface area contributed by atoms with Crippen molar-refractivity contribution in [1.29, 1.82) is 0 Å². The van der Waals surface area contributed by atoms with Crippen LogP contribution in [0.5, 0.6) is 0 Å². The van der Waals surface area contributed by atoms with Crippen LogP contribution in [0.3, 0.4) is 0 Å². The van der Waals surface area contributed by atoms with Crippen LogP contribution in [-0.4, -0.2) is 25.6 Å². The molecule has 0 aliphatic rings. The van der Waals surface area contributed by atoms with Crippen LogP contribution >= 0.6 is 11.3 Å². The van der Waals surface area contributed by atoms with E-state index in [-0.39, 0.29) is 18.1 Å². The lowest BCUT2D eigenvalue weighted by atomic mass is 10.1. The first-order chi connectivity index (χ1) is 12.8. The standard InChI is InChI=1S/C19H17FN2O3S2/c1-27(24,25)12-14-4-2-3-13(7-14)8-18(23)22-19-10-16(11-26-19)15-5-6-21-17(20)9-15/h2-7,9-11H,8,12H2,1H3,(H,22,23). The Balaban J connectivity index is 1.66. The molecule has 0 unspecified atom stereocenters. The molecule has 0 fully saturated rings. The molecular formula is C19H17FN2O3S2. The van der Waals surface area contributed by atoms with E-state index in [1.165, 1.54) is 29.9 Å². The minimum Gasteiger partial charge on any atom is -0.317 e. The summed E-state index contributed by atoms with van der Waals surface area (Å²) >= 11 is 1.35. The average molecular weight is 404 g/mol. The Kier molecular flexibility index (Phi) is 5.67. The maximum absolute atomic E-state index is 13.2. The molecule has 0 atom stereocenters. The van der Waals surface area contributed by atoms with Crippen LogP contribution in [0.15, 0.2) is 54.0 Å². The Morgan fingerprint density at radius 1 is 1.15 bits per heavy atom. The smallest absolute Gasteiger partial charge is 0.229 e. The number of carbonyl (C=O) groups is 1. The highest BCUT2D eigenvalue weighted by atomic mass is 32.2. The van der Waals surface area contributed by atoms with Gasteiger partial charge < -0.3 is 5.32 Å². The summed E-state index contributed by atoms with van der Waals surface area (Å²) in [5.74, 6) is -0.821. The molecular weight excluding hydrogens is 387 g/mol. The summed E-state index contributed by atoms with van der Waals surface area (Å²) in [6.45, 7) is 0. The highest BCUT2D eigenvalue weighted by molar-refractivity contribution is 7.89. The Hall–Kier alpha value is -2.58. The van der Waals surface area contributed by atoms with Crippen molar-refractivity contribution in [2.45, 2.75) is 12.2 Å². The molecule has 27 heavy (non-hydrogen) atoms. The molecule has 1 aromatic carbocycles. The molecule has 0 aliphatic heterocycles. The normalized spacial score (nSPS) is 11.3. The monoisotopic (exact) mass is 404 g/mol. The van der Waals surface area contributed by atoms with Crippen LogP contribution in [0, 0.1) is 5.95 Å².